The Morgan fingerprint density at radius 2 is 1.95 bits per heavy atom. The maximum atomic E-state index is 5.83. The molecular formula is C17H21NO2. The van der Waals surface area contributed by atoms with Gasteiger partial charge in [0.2, 0.25) is 0 Å². The van der Waals surface area contributed by atoms with Crippen LogP contribution in [-0.2, 0) is 13.2 Å². The summed E-state index contributed by atoms with van der Waals surface area (Å²) in [5.74, 6) is 2.65. The first-order valence-electron chi connectivity index (χ1n) is 6.96. The predicted octanol–water partition coefficient (Wildman–Crippen LogP) is 4.00. The first-order chi connectivity index (χ1) is 9.83. The maximum Gasteiger partial charge on any atom is 0.146 e. The van der Waals surface area contributed by atoms with Gasteiger partial charge in [-0.25, -0.2) is 0 Å². The second-order valence-electron chi connectivity index (χ2n) is 4.47. The molecule has 0 saturated heterocycles. The number of hydrogen-bond donors (Lipinski definition) is 1. The van der Waals surface area contributed by atoms with Crippen molar-refractivity contribution in [2.24, 2.45) is 0 Å². The molecule has 106 valence electrons. The molecular weight excluding hydrogens is 250 g/mol. The molecule has 20 heavy (non-hydrogen) atoms. The molecule has 0 spiro atoms. The SMILES string of the molecule is CC=Cc1ccccc1OCc1ccc(CNCC)o1. The number of furan rings is 1. The number of allylic oxidation sites excluding steroid dienone is 1. The standard InChI is InChI=1S/C17H21NO2/c1-3-7-14-8-5-6-9-17(14)19-13-16-11-10-15(20-16)12-18-4-2/h3,5-11,18H,4,12-13H2,1-2H3. The van der Waals surface area contributed by atoms with Gasteiger partial charge in [0, 0.05) is 5.56 Å². The molecule has 0 amide bonds. The Balaban J connectivity index is 1.96. The Morgan fingerprint density at radius 1 is 1.15 bits per heavy atom. The number of hydrogen-bond acceptors (Lipinski definition) is 3. The van der Waals surface area contributed by atoms with Crippen molar-refractivity contribution in [1.82, 2.24) is 5.32 Å². The Hall–Kier alpha value is -2.00. The van der Waals surface area contributed by atoms with E-state index in [4.69, 9.17) is 9.15 Å². The lowest BCUT2D eigenvalue weighted by Gasteiger charge is -2.07. The Kier molecular flexibility index (Phi) is 5.44. The van der Waals surface area contributed by atoms with Crippen molar-refractivity contribution >= 4 is 6.08 Å². The van der Waals surface area contributed by atoms with E-state index in [9.17, 15) is 0 Å². The van der Waals surface area contributed by atoms with Crippen LogP contribution in [0.4, 0.5) is 0 Å². The quantitative estimate of drug-likeness (QED) is 0.826. The molecule has 1 heterocycles. The van der Waals surface area contributed by atoms with Gasteiger partial charge in [-0.3, -0.25) is 0 Å². The summed E-state index contributed by atoms with van der Waals surface area (Å²) in [5.41, 5.74) is 1.08. The van der Waals surface area contributed by atoms with Crippen LogP contribution in [0.2, 0.25) is 0 Å². The topological polar surface area (TPSA) is 34.4 Å². The fourth-order valence-electron chi connectivity index (χ4n) is 1.92. The van der Waals surface area contributed by atoms with Gasteiger partial charge in [0.25, 0.3) is 0 Å². The van der Waals surface area contributed by atoms with Gasteiger partial charge >= 0.3 is 0 Å². The summed E-state index contributed by atoms with van der Waals surface area (Å²) < 4.78 is 11.5. The third-order valence-corrected chi connectivity index (χ3v) is 2.90. The molecule has 0 unspecified atom stereocenters. The smallest absolute Gasteiger partial charge is 0.146 e. The average molecular weight is 271 g/mol. The van der Waals surface area contributed by atoms with Crippen molar-refractivity contribution in [3.8, 4) is 5.75 Å². The summed E-state index contributed by atoms with van der Waals surface area (Å²) >= 11 is 0. The maximum absolute atomic E-state index is 5.83. The highest BCUT2D eigenvalue weighted by molar-refractivity contribution is 5.56. The van der Waals surface area contributed by atoms with E-state index < -0.39 is 0 Å². The fraction of sp³-hybridized carbons (Fsp3) is 0.294. The second-order valence-corrected chi connectivity index (χ2v) is 4.47. The average Bonchev–Trinajstić information content (AvgIpc) is 2.92. The molecule has 0 fully saturated rings. The van der Waals surface area contributed by atoms with E-state index in [0.717, 1.165) is 35.9 Å². The zero-order valence-corrected chi connectivity index (χ0v) is 12.1. The molecule has 3 heteroatoms. The van der Waals surface area contributed by atoms with Gasteiger partial charge < -0.3 is 14.5 Å². The van der Waals surface area contributed by atoms with Crippen LogP contribution in [0.25, 0.3) is 6.08 Å². The molecule has 1 aromatic heterocycles. The molecule has 2 aromatic rings. The number of para-hydroxylation sites is 1. The van der Waals surface area contributed by atoms with Gasteiger partial charge in [0.1, 0.15) is 23.9 Å². The minimum Gasteiger partial charge on any atom is -0.485 e. The van der Waals surface area contributed by atoms with Crippen LogP contribution in [0.3, 0.4) is 0 Å². The lowest BCUT2D eigenvalue weighted by Crippen LogP contribution is -2.10. The second kappa shape index (κ2) is 7.56. The van der Waals surface area contributed by atoms with Crippen molar-refractivity contribution in [1.29, 1.82) is 0 Å². The molecule has 1 N–H and O–H groups in total. The van der Waals surface area contributed by atoms with E-state index in [1.54, 1.807) is 0 Å². The molecule has 0 aliphatic carbocycles. The first-order valence-corrected chi connectivity index (χ1v) is 6.96. The Bertz CT molecular complexity index is 558. The zero-order chi connectivity index (χ0) is 14.2. The van der Waals surface area contributed by atoms with E-state index in [0.29, 0.717) is 6.61 Å². The van der Waals surface area contributed by atoms with Crippen LogP contribution in [0.1, 0.15) is 30.9 Å². The number of benzene rings is 1. The molecule has 0 saturated carbocycles. The third kappa shape index (κ3) is 4.00. The Labute approximate surface area is 120 Å². The molecule has 0 aliphatic heterocycles. The largest absolute Gasteiger partial charge is 0.485 e. The molecule has 1 aromatic carbocycles. The van der Waals surface area contributed by atoms with Crippen LogP contribution in [0.5, 0.6) is 5.75 Å². The van der Waals surface area contributed by atoms with Gasteiger partial charge in [0.15, 0.2) is 0 Å². The highest BCUT2D eigenvalue weighted by Crippen LogP contribution is 2.21. The van der Waals surface area contributed by atoms with Gasteiger partial charge in [-0.15, -0.1) is 0 Å². The predicted molar refractivity (Wildman–Crippen MR) is 81.6 cm³/mol. The molecule has 2 rings (SSSR count). The van der Waals surface area contributed by atoms with E-state index in [1.807, 2.05) is 55.5 Å². The van der Waals surface area contributed by atoms with Crippen LogP contribution in [-0.4, -0.2) is 6.54 Å². The number of nitrogens with one attached hydrogen (secondary N) is 1. The number of ether oxygens (including phenoxy) is 1. The monoisotopic (exact) mass is 271 g/mol. The summed E-state index contributed by atoms with van der Waals surface area (Å²) in [6.07, 6.45) is 4.04. The third-order valence-electron chi connectivity index (χ3n) is 2.90. The van der Waals surface area contributed by atoms with Crippen LogP contribution in [0, 0.1) is 0 Å². The molecule has 0 radical (unpaired) electrons. The van der Waals surface area contributed by atoms with Gasteiger partial charge in [-0.05, 0) is 31.7 Å². The summed E-state index contributed by atoms with van der Waals surface area (Å²) in [6.45, 7) is 6.21. The van der Waals surface area contributed by atoms with E-state index in [1.165, 1.54) is 0 Å². The number of rotatable bonds is 7. The van der Waals surface area contributed by atoms with Crippen molar-refractivity contribution in [2.75, 3.05) is 6.54 Å². The normalized spacial score (nSPS) is 11.1. The first kappa shape index (κ1) is 14.4. The molecule has 0 atom stereocenters. The summed E-state index contributed by atoms with van der Waals surface area (Å²) in [7, 11) is 0. The van der Waals surface area contributed by atoms with Crippen molar-refractivity contribution in [3.63, 3.8) is 0 Å². The van der Waals surface area contributed by atoms with Crippen molar-refractivity contribution < 1.29 is 9.15 Å². The highest BCUT2D eigenvalue weighted by atomic mass is 16.5. The van der Waals surface area contributed by atoms with E-state index in [-0.39, 0.29) is 0 Å². The van der Waals surface area contributed by atoms with Gasteiger partial charge in [-0.1, -0.05) is 37.3 Å². The van der Waals surface area contributed by atoms with Crippen LogP contribution in [0.15, 0.2) is 46.9 Å². The summed E-state index contributed by atoms with van der Waals surface area (Å²) in [5, 5.41) is 3.23. The minimum absolute atomic E-state index is 0.445. The lowest BCUT2D eigenvalue weighted by atomic mass is 10.2. The Morgan fingerprint density at radius 3 is 2.75 bits per heavy atom. The lowest BCUT2D eigenvalue weighted by molar-refractivity contribution is 0.264. The summed E-state index contributed by atoms with van der Waals surface area (Å²) in [4.78, 5) is 0. The minimum atomic E-state index is 0.445. The van der Waals surface area contributed by atoms with Crippen molar-refractivity contribution in [2.45, 2.75) is 27.0 Å². The zero-order valence-electron chi connectivity index (χ0n) is 12.1. The van der Waals surface area contributed by atoms with Gasteiger partial charge in [0.05, 0.1) is 6.54 Å². The van der Waals surface area contributed by atoms with Crippen LogP contribution < -0.4 is 10.1 Å². The van der Waals surface area contributed by atoms with Crippen LogP contribution >= 0.6 is 0 Å². The van der Waals surface area contributed by atoms with Gasteiger partial charge in [-0.2, -0.15) is 0 Å². The van der Waals surface area contributed by atoms with E-state index >= 15 is 0 Å². The van der Waals surface area contributed by atoms with Crippen molar-refractivity contribution in [3.05, 3.63) is 59.6 Å². The molecule has 0 aliphatic rings. The highest BCUT2D eigenvalue weighted by Gasteiger charge is 2.04. The van der Waals surface area contributed by atoms with E-state index in [2.05, 4.69) is 12.2 Å². The molecule has 0 bridgehead atoms. The summed E-state index contributed by atoms with van der Waals surface area (Å²) in [6, 6.07) is 11.9. The molecule has 3 nitrogen and oxygen atoms in total. The fourth-order valence-corrected chi connectivity index (χ4v) is 1.92.